The number of rotatable bonds is 0. The zero-order valence-corrected chi connectivity index (χ0v) is 9.39. The van der Waals surface area contributed by atoms with E-state index in [1.165, 1.54) is 11.1 Å². The third-order valence-corrected chi connectivity index (χ3v) is 3.43. The van der Waals surface area contributed by atoms with E-state index in [-0.39, 0.29) is 0 Å². The summed E-state index contributed by atoms with van der Waals surface area (Å²) in [5.41, 5.74) is 4.52. The van der Waals surface area contributed by atoms with Crippen LogP contribution in [-0.4, -0.2) is 4.33 Å². The number of fused-ring (bicyclic) bond motifs is 3. The van der Waals surface area contributed by atoms with Crippen LogP contribution in [0.3, 0.4) is 0 Å². The topological polar surface area (TPSA) is 0 Å². The lowest BCUT2D eigenvalue weighted by molar-refractivity contribution is 1.20. The summed E-state index contributed by atoms with van der Waals surface area (Å²) < 4.78 is -0.886. The van der Waals surface area contributed by atoms with Crippen molar-refractivity contribution < 1.29 is 0 Å². The Labute approximate surface area is 98.5 Å². The molecule has 0 atom stereocenters. The Hall–Kier alpha value is -0.980. The molecule has 0 radical (unpaired) electrons. The van der Waals surface area contributed by atoms with Crippen molar-refractivity contribution in [3.8, 4) is 0 Å². The van der Waals surface area contributed by atoms with E-state index >= 15 is 0 Å². The summed E-state index contributed by atoms with van der Waals surface area (Å²) in [4.78, 5) is 0. The Morgan fingerprint density at radius 2 is 1.87 bits per heavy atom. The van der Waals surface area contributed by atoms with Gasteiger partial charge in [-0.25, -0.2) is 0 Å². The molecule has 15 heavy (non-hydrogen) atoms. The van der Waals surface area contributed by atoms with Gasteiger partial charge in [-0.3, -0.25) is 0 Å². The number of hydrogen-bond acceptors (Lipinski definition) is 0. The molecule has 0 bridgehead atoms. The maximum atomic E-state index is 6.23. The van der Waals surface area contributed by atoms with Gasteiger partial charge >= 0.3 is 0 Å². The van der Waals surface area contributed by atoms with Gasteiger partial charge in [0.25, 0.3) is 0 Å². The highest BCUT2D eigenvalue weighted by Gasteiger charge is 2.34. The Bertz CT molecular complexity index is 519. The number of benzene rings is 1. The Morgan fingerprint density at radius 1 is 1.07 bits per heavy atom. The molecule has 2 aliphatic carbocycles. The molecule has 74 valence electrons. The average Bonchev–Trinajstić information content (AvgIpc) is 2.58. The maximum Gasteiger partial charge on any atom is 0.162 e. The first-order valence-electron chi connectivity index (χ1n) is 4.78. The molecule has 2 aliphatic rings. The van der Waals surface area contributed by atoms with Crippen LogP contribution in [0.1, 0.15) is 11.1 Å². The fraction of sp³-hybridized carbons (Fsp3) is 0.0769. The maximum absolute atomic E-state index is 6.23. The van der Waals surface area contributed by atoms with E-state index in [1.807, 2.05) is 18.2 Å². The van der Waals surface area contributed by atoms with Gasteiger partial charge in [0, 0.05) is 5.57 Å². The standard InChI is InChI=1S/C13H8Cl2/c14-13(15)7-3-6-11-10-5-2-1-4-9(10)8-12(11)13/h1-8H. The SMILES string of the molecule is ClC1(Cl)C=CC=C2C1=Cc1ccccc12. The van der Waals surface area contributed by atoms with E-state index in [0.29, 0.717) is 0 Å². The van der Waals surface area contributed by atoms with Gasteiger partial charge in [0.1, 0.15) is 0 Å². The van der Waals surface area contributed by atoms with Crippen LogP contribution < -0.4 is 0 Å². The Morgan fingerprint density at radius 3 is 2.73 bits per heavy atom. The zero-order chi connectivity index (χ0) is 10.5. The summed E-state index contributed by atoms with van der Waals surface area (Å²) in [6.45, 7) is 0. The summed E-state index contributed by atoms with van der Waals surface area (Å²) in [6, 6.07) is 8.21. The van der Waals surface area contributed by atoms with E-state index in [1.54, 1.807) is 6.08 Å². The molecule has 0 unspecified atom stereocenters. The van der Waals surface area contributed by atoms with Crippen LogP contribution in [0.25, 0.3) is 11.6 Å². The highest BCUT2D eigenvalue weighted by molar-refractivity contribution is 6.53. The van der Waals surface area contributed by atoms with Gasteiger partial charge in [-0.1, -0.05) is 59.6 Å². The molecule has 3 rings (SSSR count). The second-order valence-electron chi connectivity index (χ2n) is 3.71. The minimum atomic E-state index is -0.886. The molecule has 0 aromatic heterocycles. The lowest BCUT2D eigenvalue weighted by Crippen LogP contribution is -2.14. The summed E-state index contributed by atoms with van der Waals surface area (Å²) in [7, 11) is 0. The molecule has 0 amide bonds. The van der Waals surface area contributed by atoms with Crippen LogP contribution in [0.5, 0.6) is 0 Å². The zero-order valence-electron chi connectivity index (χ0n) is 7.87. The molecule has 1 aromatic rings. The van der Waals surface area contributed by atoms with E-state index < -0.39 is 4.33 Å². The third kappa shape index (κ3) is 1.29. The van der Waals surface area contributed by atoms with Crippen LogP contribution in [-0.2, 0) is 0 Å². The summed E-state index contributed by atoms with van der Waals surface area (Å²) in [5.74, 6) is 0. The van der Waals surface area contributed by atoms with E-state index in [9.17, 15) is 0 Å². The second kappa shape index (κ2) is 3.01. The Kier molecular flexibility index (Phi) is 1.86. The normalized spacial score (nSPS) is 20.4. The Balaban J connectivity index is 2.25. The largest absolute Gasteiger partial charge is 0.162 e. The first-order chi connectivity index (χ1) is 7.18. The van der Waals surface area contributed by atoms with Gasteiger partial charge in [0.2, 0.25) is 0 Å². The van der Waals surface area contributed by atoms with E-state index in [2.05, 4.69) is 24.3 Å². The molecular formula is C13H8Cl2. The van der Waals surface area contributed by atoms with Crippen molar-refractivity contribution in [1.29, 1.82) is 0 Å². The van der Waals surface area contributed by atoms with Gasteiger partial charge in [-0.05, 0) is 28.9 Å². The van der Waals surface area contributed by atoms with Crippen molar-refractivity contribution in [2.75, 3.05) is 0 Å². The fourth-order valence-electron chi connectivity index (χ4n) is 2.06. The van der Waals surface area contributed by atoms with Crippen LogP contribution >= 0.6 is 23.2 Å². The minimum Gasteiger partial charge on any atom is -0.0916 e. The minimum absolute atomic E-state index is 0.886. The summed E-state index contributed by atoms with van der Waals surface area (Å²) in [6.07, 6.45) is 7.83. The highest BCUT2D eigenvalue weighted by Crippen LogP contribution is 2.48. The number of halogens is 2. The number of hydrogen-bond donors (Lipinski definition) is 0. The average molecular weight is 235 g/mol. The number of alkyl halides is 2. The van der Waals surface area contributed by atoms with Crippen molar-refractivity contribution in [1.82, 2.24) is 0 Å². The molecular weight excluding hydrogens is 227 g/mol. The predicted molar refractivity (Wildman–Crippen MR) is 66.0 cm³/mol. The number of allylic oxidation sites excluding steroid dienone is 5. The molecule has 0 nitrogen and oxygen atoms in total. The van der Waals surface area contributed by atoms with E-state index in [0.717, 1.165) is 11.1 Å². The van der Waals surface area contributed by atoms with Crippen LogP contribution in [0.4, 0.5) is 0 Å². The van der Waals surface area contributed by atoms with Gasteiger partial charge in [0.15, 0.2) is 4.33 Å². The van der Waals surface area contributed by atoms with Gasteiger partial charge in [-0.15, -0.1) is 0 Å². The third-order valence-electron chi connectivity index (χ3n) is 2.77. The van der Waals surface area contributed by atoms with Gasteiger partial charge in [0.05, 0.1) is 0 Å². The van der Waals surface area contributed by atoms with Crippen molar-refractivity contribution >= 4 is 34.9 Å². The van der Waals surface area contributed by atoms with Gasteiger partial charge in [-0.2, -0.15) is 0 Å². The molecule has 0 saturated heterocycles. The van der Waals surface area contributed by atoms with E-state index in [4.69, 9.17) is 23.2 Å². The second-order valence-corrected chi connectivity index (χ2v) is 5.09. The molecule has 0 saturated carbocycles. The van der Waals surface area contributed by atoms with Crippen molar-refractivity contribution in [2.45, 2.75) is 4.33 Å². The summed E-state index contributed by atoms with van der Waals surface area (Å²) >= 11 is 12.5. The van der Waals surface area contributed by atoms with Crippen LogP contribution in [0.15, 0.2) is 48.1 Å². The fourth-order valence-corrected chi connectivity index (χ4v) is 2.51. The van der Waals surface area contributed by atoms with Gasteiger partial charge < -0.3 is 0 Å². The molecule has 0 fully saturated rings. The molecule has 0 aliphatic heterocycles. The molecule has 0 spiro atoms. The predicted octanol–water partition coefficient (Wildman–Crippen LogP) is 4.21. The smallest absolute Gasteiger partial charge is 0.0916 e. The first-order valence-corrected chi connectivity index (χ1v) is 5.53. The highest BCUT2D eigenvalue weighted by atomic mass is 35.5. The van der Waals surface area contributed by atoms with Crippen LogP contribution in [0, 0.1) is 0 Å². The summed E-state index contributed by atoms with van der Waals surface area (Å²) in [5, 5.41) is 0. The molecule has 1 aromatic carbocycles. The van der Waals surface area contributed by atoms with Crippen molar-refractivity contribution in [3.63, 3.8) is 0 Å². The lowest BCUT2D eigenvalue weighted by atomic mass is 9.96. The molecule has 2 heteroatoms. The first kappa shape index (κ1) is 9.26. The quantitative estimate of drug-likeness (QED) is 0.591. The van der Waals surface area contributed by atoms with Crippen molar-refractivity contribution in [2.24, 2.45) is 0 Å². The van der Waals surface area contributed by atoms with Crippen molar-refractivity contribution in [3.05, 3.63) is 59.2 Å². The monoisotopic (exact) mass is 234 g/mol. The lowest BCUT2D eigenvalue weighted by Gasteiger charge is -2.21. The molecule has 0 heterocycles. The van der Waals surface area contributed by atoms with Crippen LogP contribution in [0.2, 0.25) is 0 Å². The molecule has 0 N–H and O–H groups in total.